The molecule has 1 saturated heterocycles. The van der Waals surface area contributed by atoms with Crippen LogP contribution in [-0.2, 0) is 14.3 Å². The number of hydrogen-bond acceptors (Lipinski definition) is 4. The lowest BCUT2D eigenvalue weighted by molar-refractivity contribution is -0.145. The lowest BCUT2D eigenvalue weighted by atomic mass is 9.94. The van der Waals surface area contributed by atoms with E-state index >= 15 is 0 Å². The minimum atomic E-state index is -0.289. The second-order valence-electron chi connectivity index (χ2n) is 5.46. The van der Waals surface area contributed by atoms with Crippen LogP contribution in [-0.4, -0.2) is 50.3 Å². The summed E-state index contributed by atoms with van der Waals surface area (Å²) in [6.07, 6.45) is -0.0483. The highest BCUT2D eigenvalue weighted by Gasteiger charge is 2.30. The molecular weight excluding hydrogens is 268 g/mol. The first-order valence-corrected chi connectivity index (χ1v) is 7.33. The molecule has 5 nitrogen and oxygen atoms in total. The van der Waals surface area contributed by atoms with Crippen molar-refractivity contribution < 1.29 is 14.3 Å². The number of amides is 1. The number of morpholine rings is 1. The summed E-state index contributed by atoms with van der Waals surface area (Å²) < 4.78 is 10.7. The van der Waals surface area contributed by atoms with Crippen LogP contribution in [0.1, 0.15) is 18.5 Å². The number of ether oxygens (including phenoxy) is 2. The molecule has 3 unspecified atom stereocenters. The van der Waals surface area contributed by atoms with Gasteiger partial charge in [-0.1, -0.05) is 37.3 Å². The van der Waals surface area contributed by atoms with Crippen LogP contribution in [0.4, 0.5) is 0 Å². The van der Waals surface area contributed by atoms with Crippen molar-refractivity contribution in [2.75, 3.05) is 33.4 Å². The molecule has 0 bridgehead atoms. The van der Waals surface area contributed by atoms with Crippen molar-refractivity contribution in [3.63, 3.8) is 0 Å². The van der Waals surface area contributed by atoms with E-state index < -0.39 is 0 Å². The molecule has 1 aliphatic heterocycles. The quantitative estimate of drug-likeness (QED) is 0.885. The van der Waals surface area contributed by atoms with E-state index in [0.29, 0.717) is 26.3 Å². The highest BCUT2D eigenvalue weighted by Crippen LogP contribution is 2.22. The Labute approximate surface area is 126 Å². The molecule has 1 aromatic rings. The topological polar surface area (TPSA) is 64.8 Å². The third-order valence-corrected chi connectivity index (χ3v) is 3.92. The molecule has 2 rings (SSSR count). The first-order chi connectivity index (χ1) is 10.1. The Morgan fingerprint density at radius 1 is 1.48 bits per heavy atom. The van der Waals surface area contributed by atoms with E-state index in [2.05, 4.69) is 0 Å². The van der Waals surface area contributed by atoms with Crippen LogP contribution in [0.15, 0.2) is 30.3 Å². The fourth-order valence-corrected chi connectivity index (χ4v) is 2.61. The van der Waals surface area contributed by atoms with E-state index in [1.54, 1.807) is 7.11 Å². The van der Waals surface area contributed by atoms with Gasteiger partial charge < -0.3 is 20.1 Å². The Morgan fingerprint density at radius 2 is 2.19 bits per heavy atom. The van der Waals surface area contributed by atoms with Crippen molar-refractivity contribution >= 4 is 5.91 Å². The van der Waals surface area contributed by atoms with Crippen molar-refractivity contribution in [3.05, 3.63) is 35.9 Å². The van der Waals surface area contributed by atoms with Gasteiger partial charge in [0.1, 0.15) is 0 Å². The first kappa shape index (κ1) is 15.9. The fourth-order valence-electron chi connectivity index (χ4n) is 2.61. The van der Waals surface area contributed by atoms with Gasteiger partial charge in [0.05, 0.1) is 25.2 Å². The molecule has 1 amide bonds. The van der Waals surface area contributed by atoms with Crippen LogP contribution in [0.2, 0.25) is 0 Å². The first-order valence-electron chi connectivity index (χ1n) is 7.33. The van der Waals surface area contributed by atoms with Crippen LogP contribution < -0.4 is 5.73 Å². The maximum absolute atomic E-state index is 12.6. The predicted octanol–water partition coefficient (Wildman–Crippen LogP) is 1.20. The van der Waals surface area contributed by atoms with Crippen molar-refractivity contribution in [3.8, 4) is 0 Å². The summed E-state index contributed by atoms with van der Waals surface area (Å²) in [5.74, 6) is -0.176. The molecule has 0 spiro atoms. The third kappa shape index (κ3) is 4.03. The number of nitrogens with zero attached hydrogens (tertiary/aromatic N) is 1. The Morgan fingerprint density at radius 3 is 2.86 bits per heavy atom. The zero-order valence-corrected chi connectivity index (χ0v) is 12.7. The number of nitrogens with two attached hydrogens (primary N) is 1. The van der Waals surface area contributed by atoms with Gasteiger partial charge >= 0.3 is 0 Å². The highest BCUT2D eigenvalue weighted by atomic mass is 16.5. The summed E-state index contributed by atoms with van der Waals surface area (Å²) >= 11 is 0. The minimum Gasteiger partial charge on any atom is -0.382 e. The number of carbonyl (C=O) groups is 1. The molecule has 21 heavy (non-hydrogen) atoms. The van der Waals surface area contributed by atoms with Gasteiger partial charge in [-0.25, -0.2) is 0 Å². The average molecular weight is 292 g/mol. The maximum Gasteiger partial charge on any atom is 0.227 e. The summed E-state index contributed by atoms with van der Waals surface area (Å²) in [5.41, 5.74) is 7.22. The summed E-state index contributed by atoms with van der Waals surface area (Å²) in [5, 5.41) is 0. The van der Waals surface area contributed by atoms with Crippen LogP contribution in [0.5, 0.6) is 0 Å². The van der Waals surface area contributed by atoms with Gasteiger partial charge in [-0.2, -0.15) is 0 Å². The minimum absolute atomic E-state index is 0.0483. The molecule has 2 N–H and O–H groups in total. The van der Waals surface area contributed by atoms with Gasteiger partial charge in [-0.05, 0) is 5.56 Å². The normalized spacial score (nSPS) is 21.9. The molecule has 0 saturated carbocycles. The summed E-state index contributed by atoms with van der Waals surface area (Å²) in [6, 6.07) is 9.46. The van der Waals surface area contributed by atoms with Gasteiger partial charge in [-0.15, -0.1) is 0 Å². The van der Waals surface area contributed by atoms with Gasteiger partial charge in [0.25, 0.3) is 0 Å². The number of methoxy groups -OCH3 is 1. The molecule has 116 valence electrons. The smallest absolute Gasteiger partial charge is 0.227 e. The standard InChI is InChI=1S/C16H24N2O3/c1-12(15(17)13-6-4-3-5-7-13)16(19)18-8-9-21-14(10-18)11-20-2/h3-7,12,14-15H,8-11,17H2,1-2H3. The van der Waals surface area contributed by atoms with E-state index in [-0.39, 0.29) is 24.0 Å². The molecule has 1 aliphatic rings. The molecule has 5 heteroatoms. The van der Waals surface area contributed by atoms with E-state index in [1.165, 1.54) is 0 Å². The van der Waals surface area contributed by atoms with Crippen LogP contribution in [0.25, 0.3) is 0 Å². The molecule has 1 fully saturated rings. The predicted molar refractivity (Wildman–Crippen MR) is 80.7 cm³/mol. The SMILES string of the molecule is COCC1CN(C(=O)C(C)C(N)c2ccccc2)CCO1. The molecule has 1 heterocycles. The van der Waals surface area contributed by atoms with Gasteiger partial charge in [0, 0.05) is 26.2 Å². The monoisotopic (exact) mass is 292 g/mol. The highest BCUT2D eigenvalue weighted by molar-refractivity contribution is 5.79. The number of benzene rings is 1. The Hall–Kier alpha value is -1.43. The summed E-state index contributed by atoms with van der Waals surface area (Å²) in [6.45, 7) is 4.13. The molecule has 3 atom stereocenters. The molecule has 0 aliphatic carbocycles. The second-order valence-corrected chi connectivity index (χ2v) is 5.46. The third-order valence-electron chi connectivity index (χ3n) is 3.92. The Bertz CT molecular complexity index is 450. The molecule has 1 aromatic carbocycles. The van der Waals surface area contributed by atoms with Gasteiger partial charge in [0.15, 0.2) is 0 Å². The zero-order valence-electron chi connectivity index (χ0n) is 12.7. The van der Waals surface area contributed by atoms with Crippen molar-refractivity contribution in [2.45, 2.75) is 19.1 Å². The van der Waals surface area contributed by atoms with E-state index in [9.17, 15) is 4.79 Å². The van der Waals surface area contributed by atoms with Gasteiger partial charge in [-0.3, -0.25) is 4.79 Å². The number of rotatable bonds is 5. The maximum atomic E-state index is 12.6. The van der Waals surface area contributed by atoms with Crippen LogP contribution >= 0.6 is 0 Å². The largest absolute Gasteiger partial charge is 0.382 e. The van der Waals surface area contributed by atoms with E-state index in [4.69, 9.17) is 15.2 Å². The Kier molecular flexibility index (Phi) is 5.73. The number of carbonyl (C=O) groups excluding carboxylic acids is 1. The van der Waals surface area contributed by atoms with E-state index in [0.717, 1.165) is 5.56 Å². The van der Waals surface area contributed by atoms with Crippen molar-refractivity contribution in [2.24, 2.45) is 11.7 Å². The Balaban J connectivity index is 1.98. The molecule has 0 aromatic heterocycles. The zero-order chi connectivity index (χ0) is 15.2. The molecule has 0 radical (unpaired) electrons. The van der Waals surface area contributed by atoms with E-state index in [1.807, 2.05) is 42.2 Å². The average Bonchev–Trinajstić information content (AvgIpc) is 2.54. The van der Waals surface area contributed by atoms with Crippen molar-refractivity contribution in [1.29, 1.82) is 0 Å². The number of hydrogen-bond donors (Lipinski definition) is 1. The second kappa shape index (κ2) is 7.54. The lowest BCUT2D eigenvalue weighted by Gasteiger charge is -2.35. The van der Waals surface area contributed by atoms with Gasteiger partial charge in [0.2, 0.25) is 5.91 Å². The van der Waals surface area contributed by atoms with Crippen LogP contribution in [0, 0.1) is 5.92 Å². The lowest BCUT2D eigenvalue weighted by Crippen LogP contribution is -2.50. The molecular formula is C16H24N2O3. The summed E-state index contributed by atoms with van der Waals surface area (Å²) in [7, 11) is 1.64. The fraction of sp³-hybridized carbons (Fsp3) is 0.562. The van der Waals surface area contributed by atoms with Crippen LogP contribution in [0.3, 0.4) is 0 Å². The van der Waals surface area contributed by atoms with Crippen molar-refractivity contribution in [1.82, 2.24) is 4.90 Å². The summed E-state index contributed by atoms with van der Waals surface area (Å²) in [4.78, 5) is 14.4.